The number of hydrogen-bond donors (Lipinski definition) is 8. The molecule has 0 amide bonds. The number of hydrogen-bond acceptors (Lipinski definition) is 7. The zero-order valence-electron chi connectivity index (χ0n) is 31.8. The fourth-order valence-corrected chi connectivity index (χ4v) is 7.94. The van der Waals surface area contributed by atoms with Crippen molar-refractivity contribution in [2.45, 2.75) is 78.5 Å². The summed E-state index contributed by atoms with van der Waals surface area (Å²) >= 11 is 0. The molecule has 6 aromatic heterocycles. The third kappa shape index (κ3) is 11.7. The van der Waals surface area contributed by atoms with Gasteiger partial charge in [0, 0.05) is 108 Å². The van der Waals surface area contributed by atoms with Crippen molar-refractivity contribution >= 4 is 10.4 Å². The van der Waals surface area contributed by atoms with E-state index in [0.29, 0.717) is 0 Å². The predicted molar refractivity (Wildman–Crippen MR) is 205 cm³/mol. The van der Waals surface area contributed by atoms with E-state index >= 15 is 0 Å². The van der Waals surface area contributed by atoms with Crippen LogP contribution in [0.5, 0.6) is 0 Å². The third-order valence-electron chi connectivity index (χ3n) is 10.1. The summed E-state index contributed by atoms with van der Waals surface area (Å²) in [5.41, 5.74) is 15.0. The van der Waals surface area contributed by atoms with Crippen LogP contribution in [0.2, 0.25) is 0 Å². The van der Waals surface area contributed by atoms with Crippen LogP contribution in [0.15, 0.2) is 72.8 Å². The Hall–Kier alpha value is -4.65. The maximum Gasteiger partial charge on any atom is 0.118 e. The Kier molecular flexibility index (Phi) is 11.9. The first-order valence-corrected chi connectivity index (χ1v) is 20.1. The van der Waals surface area contributed by atoms with Crippen LogP contribution < -0.4 is 9.80 Å². The van der Waals surface area contributed by atoms with Crippen LogP contribution in [0.4, 0.5) is 0 Å². The molecule has 15 nitrogen and oxygen atoms in total. The topological polar surface area (TPSA) is 194 Å². The molecule has 0 spiro atoms. The van der Waals surface area contributed by atoms with Gasteiger partial charge in [0.25, 0.3) is 0 Å². The minimum atomic E-state index is -5.17. The molecular formula is C39H53N11O4S. The van der Waals surface area contributed by atoms with E-state index in [1.54, 1.807) is 0 Å². The molecule has 9 heterocycles. The number of rotatable bonds is 0. The van der Waals surface area contributed by atoms with Gasteiger partial charge in [0.05, 0.1) is 36.9 Å². The van der Waals surface area contributed by atoms with E-state index < -0.39 is 10.4 Å². The lowest BCUT2D eigenvalue weighted by Gasteiger charge is -2.21. The van der Waals surface area contributed by atoms with Crippen LogP contribution >= 0.6 is 0 Å². The van der Waals surface area contributed by atoms with Crippen LogP contribution in [0.1, 0.15) is 68.3 Å². The molecule has 6 aromatic rings. The molecule has 8 N–H and O–H groups in total. The van der Waals surface area contributed by atoms with Crippen molar-refractivity contribution in [3.8, 4) is 0 Å². The highest BCUT2D eigenvalue weighted by molar-refractivity contribution is 7.79. The second-order valence-electron chi connectivity index (χ2n) is 15.5. The molecule has 16 heteroatoms. The first-order chi connectivity index (χ1) is 26.3. The van der Waals surface area contributed by atoms with Crippen molar-refractivity contribution in [1.29, 1.82) is 0 Å². The first kappa shape index (κ1) is 38.6. The summed E-state index contributed by atoms with van der Waals surface area (Å²) in [7, 11) is 1.59. The van der Waals surface area contributed by atoms with Crippen LogP contribution in [-0.4, -0.2) is 83.3 Å². The lowest BCUT2D eigenvalue weighted by atomic mass is 10.3. The fraction of sp³-hybridized carbons (Fsp3) is 0.385. The summed E-state index contributed by atoms with van der Waals surface area (Å²) < 4.78 is 34.1. The normalized spacial score (nSPS) is 21.8. The molecule has 0 unspecified atom stereocenters. The highest BCUT2D eigenvalue weighted by Gasteiger charge is 2.18. The Morgan fingerprint density at radius 2 is 0.600 bits per heavy atom. The highest BCUT2D eigenvalue weighted by atomic mass is 32.3. The summed E-state index contributed by atoms with van der Waals surface area (Å²) in [6.07, 6.45) is 0. The molecule has 3 aliphatic rings. The van der Waals surface area contributed by atoms with Gasteiger partial charge < -0.3 is 48.8 Å². The molecule has 0 aromatic carbocycles. The van der Waals surface area contributed by atoms with E-state index in [2.05, 4.69) is 139 Å². The summed E-state index contributed by atoms with van der Waals surface area (Å²) in [5.74, 6) is 0. The minimum Gasteiger partial charge on any atom is -0.759 e. The maximum atomic E-state index is 8.52. The maximum absolute atomic E-state index is 8.52. The van der Waals surface area contributed by atoms with Gasteiger partial charge in [-0.15, -0.1) is 0 Å². The third-order valence-corrected chi connectivity index (χ3v) is 10.1. The van der Waals surface area contributed by atoms with Gasteiger partial charge in [-0.05, 0) is 79.8 Å². The van der Waals surface area contributed by atoms with Crippen molar-refractivity contribution in [2.75, 3.05) is 21.1 Å². The van der Waals surface area contributed by atoms with Gasteiger partial charge in [0.2, 0.25) is 0 Å². The number of nitrogens with zero attached hydrogens (tertiary/aromatic N) is 3. The average molecular weight is 772 g/mol. The monoisotopic (exact) mass is 771 g/mol. The van der Waals surface area contributed by atoms with Gasteiger partial charge in [0.1, 0.15) is 26.2 Å². The summed E-state index contributed by atoms with van der Waals surface area (Å²) in [5, 5.41) is 0. The average Bonchev–Trinajstić information content (AvgIpc) is 3.94. The predicted octanol–water partition coefficient (Wildman–Crippen LogP) is 1.41. The quantitative estimate of drug-likeness (QED) is 0.0846. The molecule has 9 rings (SSSR count). The van der Waals surface area contributed by atoms with Gasteiger partial charge in [0.15, 0.2) is 0 Å². The first-order valence-electron chi connectivity index (χ1n) is 18.8. The molecule has 294 valence electrons. The fourth-order valence-electron chi connectivity index (χ4n) is 7.94. The number of H-pyrrole nitrogens is 6. The summed E-state index contributed by atoms with van der Waals surface area (Å²) in [6, 6.07) is 27.2. The minimum absolute atomic E-state index is 0.837. The van der Waals surface area contributed by atoms with Crippen LogP contribution in [-0.2, 0) is 88.9 Å². The zero-order chi connectivity index (χ0) is 38.5. The van der Waals surface area contributed by atoms with Gasteiger partial charge in [-0.2, -0.15) is 0 Å². The molecule has 14 bridgehead atoms. The standard InChI is InChI=1S/C39H51N11.H2O4S/c1-46-16-28-4-10-34(40-28)22-49-24-36-12-6-30(42-36)18-47(2)19-31-7-13-37(43-31)25-50(23-35-11-5-29(17-46)41-35)27-39-15-9-33(45-39)21-48(3)20-32-8-14-38(26-49)44-32;1-5(2,3)4/h4-15,40-45H,16-27H2,1-3H3;(H2,1,2,3,4). The molecule has 0 saturated carbocycles. The molecule has 0 atom stereocenters. The number of quaternary nitrogens is 2. The largest absolute Gasteiger partial charge is 0.759 e. The molecule has 3 aliphatic heterocycles. The van der Waals surface area contributed by atoms with Crippen molar-refractivity contribution in [2.24, 2.45) is 0 Å². The molecule has 55 heavy (non-hydrogen) atoms. The Morgan fingerprint density at radius 3 is 0.836 bits per heavy atom. The van der Waals surface area contributed by atoms with Gasteiger partial charge in [-0.25, -0.2) is 0 Å². The van der Waals surface area contributed by atoms with Crippen molar-refractivity contribution < 1.29 is 27.3 Å². The molecule has 0 radical (unpaired) electrons. The number of fused-ring (bicyclic) bond motifs is 6. The second-order valence-corrected chi connectivity index (χ2v) is 16.4. The van der Waals surface area contributed by atoms with E-state index in [-0.39, 0.29) is 0 Å². The smallest absolute Gasteiger partial charge is 0.118 e. The Bertz CT molecular complexity index is 1870. The second kappa shape index (κ2) is 17.0. The van der Waals surface area contributed by atoms with Crippen LogP contribution in [0.3, 0.4) is 0 Å². The molecule has 0 aliphatic carbocycles. The molecular weight excluding hydrogens is 719 g/mol. The molecule has 0 saturated heterocycles. The number of aromatic nitrogens is 6. The van der Waals surface area contributed by atoms with Crippen LogP contribution in [0.25, 0.3) is 0 Å². The number of aromatic amines is 6. The summed E-state index contributed by atoms with van der Waals surface area (Å²) in [6.45, 7) is 10.5. The van der Waals surface area contributed by atoms with Gasteiger partial charge in [-0.1, -0.05) is 0 Å². The highest BCUT2D eigenvalue weighted by Crippen LogP contribution is 2.18. The molecule has 0 fully saturated rings. The lowest BCUT2D eigenvalue weighted by molar-refractivity contribution is -0.908. The number of nitrogens with one attached hydrogen (secondary N) is 8. The van der Waals surface area contributed by atoms with Gasteiger partial charge >= 0.3 is 0 Å². The Balaban J connectivity index is 0.000000875. The zero-order valence-corrected chi connectivity index (χ0v) is 32.6. The SMILES string of the molecule is CN1Cc2ccc([nH]2)CN2Cc3ccc([nH]3)C[NH+](C)Cc3ccc([nH]3)CN(Cc3ccc([nH]3)C1)Cc1ccc([nH]1)C[NH+](C)Cc1ccc([nH]1)C2.O=S(=O)([O-])[O-]. The van der Waals surface area contributed by atoms with Gasteiger partial charge in [-0.3, -0.25) is 23.1 Å². The lowest BCUT2D eigenvalue weighted by Crippen LogP contribution is -3.06. The summed E-state index contributed by atoms with van der Waals surface area (Å²) in [4.78, 5) is 32.9. The van der Waals surface area contributed by atoms with E-state index in [9.17, 15) is 0 Å². The van der Waals surface area contributed by atoms with E-state index in [1.807, 2.05) is 0 Å². The van der Waals surface area contributed by atoms with E-state index in [4.69, 9.17) is 17.5 Å². The van der Waals surface area contributed by atoms with E-state index in [0.717, 1.165) is 78.5 Å². The Labute approximate surface area is 322 Å². The van der Waals surface area contributed by atoms with Crippen molar-refractivity contribution in [1.82, 2.24) is 44.6 Å². The van der Waals surface area contributed by atoms with Crippen molar-refractivity contribution in [3.63, 3.8) is 0 Å². The van der Waals surface area contributed by atoms with Crippen LogP contribution in [0, 0.1) is 0 Å². The van der Waals surface area contributed by atoms with Crippen molar-refractivity contribution in [3.05, 3.63) is 141 Å². The van der Waals surface area contributed by atoms with E-state index in [1.165, 1.54) is 78.1 Å². The Morgan fingerprint density at radius 1 is 0.418 bits per heavy atom.